The highest BCUT2D eigenvalue weighted by Gasteiger charge is 2.09. The van der Waals surface area contributed by atoms with E-state index in [2.05, 4.69) is 16.9 Å². The summed E-state index contributed by atoms with van der Waals surface area (Å²) in [6.45, 7) is 1.81. The van der Waals surface area contributed by atoms with E-state index in [4.69, 9.17) is 5.11 Å². The molecule has 0 aliphatic carbocycles. The van der Waals surface area contributed by atoms with Crippen LogP contribution in [-0.2, 0) is 9.53 Å². The molecule has 0 aliphatic rings. The Morgan fingerprint density at radius 1 is 1.11 bits per heavy atom. The smallest absolute Gasteiger partial charge is 0.308 e. The summed E-state index contributed by atoms with van der Waals surface area (Å²) in [6, 6.07) is 0. The van der Waals surface area contributed by atoms with E-state index in [1.165, 1.54) is 7.11 Å². The summed E-state index contributed by atoms with van der Waals surface area (Å²) in [6.07, 6.45) is 10.1. The molecule has 19 heavy (non-hydrogen) atoms. The van der Waals surface area contributed by atoms with Crippen LogP contribution in [0.1, 0.15) is 58.3 Å². The lowest BCUT2D eigenvalue weighted by molar-refractivity contribution is -0.142. The first-order chi connectivity index (χ1) is 9.06. The first kappa shape index (κ1) is 18.1. The normalized spacial score (nSPS) is 14.5. The maximum atomic E-state index is 10.9. The summed E-state index contributed by atoms with van der Waals surface area (Å²) >= 11 is 0. The van der Waals surface area contributed by atoms with Crippen molar-refractivity contribution < 1.29 is 19.7 Å². The third-order valence-electron chi connectivity index (χ3n) is 2.95. The van der Waals surface area contributed by atoms with Gasteiger partial charge in [0.15, 0.2) is 0 Å². The number of hydrogen-bond donors (Lipinski definition) is 2. The number of carbonyl (C=O) groups excluding carboxylic acids is 1. The van der Waals surface area contributed by atoms with Crippen LogP contribution >= 0.6 is 0 Å². The second-order valence-electron chi connectivity index (χ2n) is 4.97. The molecule has 0 rings (SSSR count). The monoisotopic (exact) mass is 272 g/mol. The number of carbonyl (C=O) groups is 1. The molecule has 0 aliphatic heterocycles. The van der Waals surface area contributed by atoms with Gasteiger partial charge in [-0.3, -0.25) is 4.79 Å². The molecule has 4 heteroatoms. The summed E-state index contributed by atoms with van der Waals surface area (Å²) in [4.78, 5) is 10.9. The van der Waals surface area contributed by atoms with Gasteiger partial charge in [0.2, 0.25) is 0 Å². The lowest BCUT2D eigenvalue weighted by Crippen LogP contribution is -2.14. The molecule has 2 unspecified atom stereocenters. The summed E-state index contributed by atoms with van der Waals surface area (Å²) in [7, 11) is 1.33. The number of ether oxygens (including phenoxy) is 1. The zero-order valence-electron chi connectivity index (χ0n) is 12.2. The second-order valence-corrected chi connectivity index (χ2v) is 4.97. The lowest BCUT2D eigenvalue weighted by atomic mass is 10.1. The molecule has 0 aromatic rings. The molecule has 0 spiro atoms. The maximum Gasteiger partial charge on any atom is 0.308 e. The van der Waals surface area contributed by atoms with Crippen LogP contribution in [0.5, 0.6) is 0 Å². The number of esters is 1. The molecule has 0 fully saturated rings. The van der Waals surface area contributed by atoms with Gasteiger partial charge in [0.05, 0.1) is 25.7 Å². The number of aliphatic hydroxyl groups excluding tert-OH is 2. The summed E-state index contributed by atoms with van der Waals surface area (Å²) in [5, 5.41) is 18.6. The van der Waals surface area contributed by atoms with Crippen molar-refractivity contribution >= 4 is 5.97 Å². The maximum absolute atomic E-state index is 10.9. The summed E-state index contributed by atoms with van der Waals surface area (Å²) in [5.41, 5.74) is 0. The summed E-state index contributed by atoms with van der Waals surface area (Å²) < 4.78 is 4.49. The molecular weight excluding hydrogens is 244 g/mol. The molecule has 112 valence electrons. The SMILES string of the molecule is COC(=O)CC(O)CCC/C=C\CCCCC(C)O. The van der Waals surface area contributed by atoms with E-state index in [0.29, 0.717) is 6.42 Å². The van der Waals surface area contributed by atoms with E-state index < -0.39 is 6.10 Å². The highest BCUT2D eigenvalue weighted by molar-refractivity contribution is 5.69. The molecular formula is C15H28O4. The van der Waals surface area contributed by atoms with Crippen molar-refractivity contribution in [2.24, 2.45) is 0 Å². The molecule has 4 nitrogen and oxygen atoms in total. The van der Waals surface area contributed by atoms with Crippen molar-refractivity contribution in [2.45, 2.75) is 70.5 Å². The van der Waals surface area contributed by atoms with E-state index in [-0.39, 0.29) is 18.5 Å². The number of aliphatic hydroxyl groups is 2. The van der Waals surface area contributed by atoms with Crippen LogP contribution in [0.2, 0.25) is 0 Å². The van der Waals surface area contributed by atoms with E-state index in [1.807, 2.05) is 6.92 Å². The Morgan fingerprint density at radius 2 is 1.74 bits per heavy atom. The van der Waals surface area contributed by atoms with E-state index >= 15 is 0 Å². The largest absolute Gasteiger partial charge is 0.469 e. The van der Waals surface area contributed by atoms with Gasteiger partial charge in [-0.1, -0.05) is 18.6 Å². The minimum Gasteiger partial charge on any atom is -0.469 e. The van der Waals surface area contributed by atoms with Gasteiger partial charge in [-0.15, -0.1) is 0 Å². The average molecular weight is 272 g/mol. The Morgan fingerprint density at radius 3 is 2.32 bits per heavy atom. The van der Waals surface area contributed by atoms with Gasteiger partial charge in [0.25, 0.3) is 0 Å². The van der Waals surface area contributed by atoms with Gasteiger partial charge in [-0.05, 0) is 45.4 Å². The molecule has 0 bridgehead atoms. The number of rotatable bonds is 11. The molecule has 0 aromatic heterocycles. The molecule has 0 radical (unpaired) electrons. The fourth-order valence-electron chi connectivity index (χ4n) is 1.79. The number of hydrogen-bond acceptors (Lipinski definition) is 4. The lowest BCUT2D eigenvalue weighted by Gasteiger charge is -2.07. The fraction of sp³-hybridized carbons (Fsp3) is 0.800. The fourth-order valence-corrected chi connectivity index (χ4v) is 1.79. The van der Waals surface area contributed by atoms with Crippen molar-refractivity contribution in [3.63, 3.8) is 0 Å². The Kier molecular flexibility index (Phi) is 11.6. The minimum absolute atomic E-state index is 0.0829. The van der Waals surface area contributed by atoms with Crippen molar-refractivity contribution in [1.82, 2.24) is 0 Å². The van der Waals surface area contributed by atoms with Crippen LogP contribution in [0.15, 0.2) is 12.2 Å². The second kappa shape index (κ2) is 12.2. The Labute approximate surface area is 116 Å². The van der Waals surface area contributed by atoms with Crippen LogP contribution in [0.25, 0.3) is 0 Å². The van der Waals surface area contributed by atoms with Gasteiger partial charge >= 0.3 is 5.97 Å². The van der Waals surface area contributed by atoms with Crippen molar-refractivity contribution in [1.29, 1.82) is 0 Å². The van der Waals surface area contributed by atoms with Gasteiger partial charge < -0.3 is 14.9 Å². The van der Waals surface area contributed by atoms with Crippen LogP contribution in [0.3, 0.4) is 0 Å². The van der Waals surface area contributed by atoms with Gasteiger partial charge in [0.1, 0.15) is 0 Å². The van der Waals surface area contributed by atoms with Crippen molar-refractivity contribution in [2.75, 3.05) is 7.11 Å². The van der Waals surface area contributed by atoms with Crippen LogP contribution in [0.4, 0.5) is 0 Å². The molecule has 0 amide bonds. The summed E-state index contributed by atoms with van der Waals surface area (Å²) in [5.74, 6) is -0.360. The predicted octanol–water partition coefficient (Wildman–Crippen LogP) is 2.58. The van der Waals surface area contributed by atoms with Crippen LogP contribution < -0.4 is 0 Å². The first-order valence-corrected chi connectivity index (χ1v) is 7.14. The Hall–Kier alpha value is -0.870. The Bertz CT molecular complexity index is 249. The molecule has 2 N–H and O–H groups in total. The number of methoxy groups -OCH3 is 1. The zero-order chi connectivity index (χ0) is 14.5. The molecule has 0 aromatic carbocycles. The molecule has 0 heterocycles. The van der Waals surface area contributed by atoms with E-state index in [0.717, 1.165) is 38.5 Å². The predicted molar refractivity (Wildman–Crippen MR) is 75.8 cm³/mol. The van der Waals surface area contributed by atoms with Gasteiger partial charge in [-0.2, -0.15) is 0 Å². The molecule has 0 saturated heterocycles. The number of allylic oxidation sites excluding steroid dienone is 2. The average Bonchev–Trinajstić information content (AvgIpc) is 2.36. The standard InChI is InChI=1S/C15H28O4/c1-13(16)10-8-6-4-3-5-7-9-11-14(17)12-15(18)19-2/h3,5,13-14,16-17H,4,6-12H2,1-2H3/b5-3-. The molecule has 0 saturated carbocycles. The van der Waals surface area contributed by atoms with Crippen molar-refractivity contribution in [3.8, 4) is 0 Å². The van der Waals surface area contributed by atoms with Crippen LogP contribution in [0, 0.1) is 0 Å². The topological polar surface area (TPSA) is 66.8 Å². The number of unbranched alkanes of at least 4 members (excludes halogenated alkanes) is 3. The minimum atomic E-state index is -0.591. The van der Waals surface area contributed by atoms with Crippen LogP contribution in [-0.4, -0.2) is 35.5 Å². The Balaban J connectivity index is 3.35. The quantitative estimate of drug-likeness (QED) is 0.345. The van der Waals surface area contributed by atoms with E-state index in [9.17, 15) is 9.90 Å². The van der Waals surface area contributed by atoms with Gasteiger partial charge in [0, 0.05) is 0 Å². The highest BCUT2D eigenvalue weighted by atomic mass is 16.5. The highest BCUT2D eigenvalue weighted by Crippen LogP contribution is 2.08. The third kappa shape index (κ3) is 13.4. The van der Waals surface area contributed by atoms with Gasteiger partial charge in [-0.25, -0.2) is 0 Å². The first-order valence-electron chi connectivity index (χ1n) is 7.14. The molecule has 2 atom stereocenters. The van der Waals surface area contributed by atoms with Crippen molar-refractivity contribution in [3.05, 3.63) is 12.2 Å². The van der Waals surface area contributed by atoms with E-state index in [1.54, 1.807) is 0 Å². The zero-order valence-corrected chi connectivity index (χ0v) is 12.2. The third-order valence-corrected chi connectivity index (χ3v) is 2.95.